The quantitative estimate of drug-likeness (QED) is 0.264. The van der Waals surface area contributed by atoms with E-state index < -0.39 is 11.7 Å². The molecule has 0 heterocycles. The lowest BCUT2D eigenvalue weighted by Crippen LogP contribution is -2.45. The average Bonchev–Trinajstić information content (AvgIpc) is 2.56. The summed E-state index contributed by atoms with van der Waals surface area (Å²) < 4.78 is 10.4. The summed E-state index contributed by atoms with van der Waals surface area (Å²) in [5.41, 5.74) is -0.513. The molecule has 0 aromatic carbocycles. The maximum atomic E-state index is 12.1. The number of carbonyl (C=O) groups excluding carboxylic acids is 1. The normalized spacial score (nSPS) is 13.6. The number of rotatable bonds is 12. The Labute approximate surface area is 171 Å². The van der Waals surface area contributed by atoms with Gasteiger partial charge in [-0.25, -0.2) is 4.79 Å². The van der Waals surface area contributed by atoms with Crippen molar-refractivity contribution >= 4 is 12.1 Å². The van der Waals surface area contributed by atoms with Gasteiger partial charge in [0.2, 0.25) is 0 Å². The van der Waals surface area contributed by atoms with Crippen LogP contribution in [0.4, 0.5) is 4.79 Å². The minimum atomic E-state index is -0.513. The van der Waals surface area contributed by atoms with Crippen molar-refractivity contribution in [3.8, 4) is 0 Å². The van der Waals surface area contributed by atoms with Gasteiger partial charge in [-0.05, 0) is 47.1 Å². The summed E-state index contributed by atoms with van der Waals surface area (Å²) in [6, 6.07) is -0.0953. The predicted octanol–water partition coefficient (Wildman–Crippen LogP) is 2.06. The van der Waals surface area contributed by atoms with Crippen LogP contribution in [0.25, 0.3) is 0 Å². The minimum absolute atomic E-state index is 0.0953. The molecule has 28 heavy (non-hydrogen) atoms. The third-order valence-electron chi connectivity index (χ3n) is 3.97. The summed E-state index contributed by atoms with van der Waals surface area (Å²) >= 11 is 0. The second-order valence-corrected chi connectivity index (χ2v) is 8.29. The van der Waals surface area contributed by atoms with E-state index in [1.807, 2.05) is 27.7 Å². The molecule has 0 aliphatic carbocycles. The Balaban J connectivity index is 4.57. The van der Waals surface area contributed by atoms with Crippen molar-refractivity contribution in [2.24, 2.45) is 10.9 Å². The number of aliphatic imine (C=N–C) groups is 1. The Kier molecular flexibility index (Phi) is 13.7. The molecule has 1 unspecified atom stereocenters. The molecule has 0 fully saturated rings. The van der Waals surface area contributed by atoms with Gasteiger partial charge in [0.25, 0.3) is 0 Å². The monoisotopic (exact) mass is 401 g/mol. The molecule has 1 atom stereocenters. The molecule has 166 valence electrons. The number of hydrogen-bond acceptors (Lipinski definition) is 5. The van der Waals surface area contributed by atoms with Crippen molar-refractivity contribution in [3.05, 3.63) is 0 Å². The highest BCUT2D eigenvalue weighted by Crippen LogP contribution is 2.09. The van der Waals surface area contributed by atoms with Crippen molar-refractivity contribution in [2.75, 3.05) is 53.5 Å². The number of carbonyl (C=O) groups is 1. The minimum Gasteiger partial charge on any atom is -0.444 e. The van der Waals surface area contributed by atoms with Crippen molar-refractivity contribution in [1.29, 1.82) is 0 Å². The Bertz CT molecular complexity index is 450. The third kappa shape index (κ3) is 14.5. The van der Waals surface area contributed by atoms with E-state index in [-0.39, 0.29) is 12.0 Å². The average molecular weight is 402 g/mol. The number of ether oxygens (including phenoxy) is 2. The third-order valence-corrected chi connectivity index (χ3v) is 3.97. The molecule has 0 radical (unpaired) electrons. The molecule has 0 saturated carbocycles. The highest BCUT2D eigenvalue weighted by atomic mass is 16.6. The van der Waals surface area contributed by atoms with Gasteiger partial charge >= 0.3 is 6.09 Å². The van der Waals surface area contributed by atoms with Gasteiger partial charge in [-0.15, -0.1) is 0 Å². The molecule has 8 nitrogen and oxygen atoms in total. The predicted molar refractivity (Wildman–Crippen MR) is 116 cm³/mol. The zero-order chi connectivity index (χ0) is 21.6. The van der Waals surface area contributed by atoms with E-state index in [2.05, 4.69) is 46.7 Å². The van der Waals surface area contributed by atoms with Gasteiger partial charge in [-0.1, -0.05) is 13.8 Å². The molecule has 0 aromatic heterocycles. The molecule has 0 aliphatic rings. The second-order valence-electron chi connectivity index (χ2n) is 8.29. The number of methoxy groups -OCH3 is 1. The fraction of sp³-hybridized carbons (Fsp3) is 0.900. The molecular weight excluding hydrogens is 358 g/mol. The SMILES string of the molecule is CCNC(=NCC(NC(=O)OC(C)(C)C)C(C)C)NCCN(C)CCCOC. The van der Waals surface area contributed by atoms with Crippen LogP contribution in [0.15, 0.2) is 4.99 Å². The summed E-state index contributed by atoms with van der Waals surface area (Å²) in [6.45, 7) is 16.5. The van der Waals surface area contributed by atoms with Crippen LogP contribution in [0, 0.1) is 5.92 Å². The smallest absolute Gasteiger partial charge is 0.407 e. The first-order chi connectivity index (χ1) is 13.1. The molecule has 0 spiro atoms. The van der Waals surface area contributed by atoms with Crippen LogP contribution in [0.5, 0.6) is 0 Å². The Morgan fingerprint density at radius 3 is 2.39 bits per heavy atom. The summed E-state index contributed by atoms with van der Waals surface area (Å²) in [4.78, 5) is 19.0. The van der Waals surface area contributed by atoms with Gasteiger partial charge < -0.3 is 30.3 Å². The Hall–Kier alpha value is -1.54. The molecule has 0 aliphatic heterocycles. The van der Waals surface area contributed by atoms with Gasteiger partial charge in [0.05, 0.1) is 12.6 Å². The number of amides is 1. The molecule has 0 saturated heterocycles. The van der Waals surface area contributed by atoms with Crippen LogP contribution in [-0.2, 0) is 9.47 Å². The molecule has 0 rings (SSSR count). The van der Waals surface area contributed by atoms with Crippen LogP contribution in [0.1, 0.15) is 48.0 Å². The lowest BCUT2D eigenvalue weighted by molar-refractivity contribution is 0.0493. The fourth-order valence-corrected chi connectivity index (χ4v) is 2.37. The number of nitrogens with one attached hydrogen (secondary N) is 3. The molecule has 3 N–H and O–H groups in total. The van der Waals surface area contributed by atoms with Gasteiger partial charge in [0.1, 0.15) is 5.60 Å². The van der Waals surface area contributed by atoms with Crippen LogP contribution >= 0.6 is 0 Å². The van der Waals surface area contributed by atoms with E-state index in [0.717, 1.165) is 45.2 Å². The van der Waals surface area contributed by atoms with E-state index in [1.165, 1.54) is 0 Å². The molecular formula is C20H43N5O3. The summed E-state index contributed by atoms with van der Waals surface area (Å²) in [6.07, 6.45) is 0.616. The lowest BCUT2D eigenvalue weighted by atomic mass is 10.1. The maximum absolute atomic E-state index is 12.1. The number of guanidine groups is 1. The van der Waals surface area contributed by atoms with Crippen LogP contribution in [0.2, 0.25) is 0 Å². The molecule has 8 heteroatoms. The van der Waals surface area contributed by atoms with Crippen LogP contribution in [0.3, 0.4) is 0 Å². The van der Waals surface area contributed by atoms with Crippen molar-refractivity contribution in [3.63, 3.8) is 0 Å². The topological polar surface area (TPSA) is 87.2 Å². The zero-order valence-electron chi connectivity index (χ0n) is 19.2. The lowest BCUT2D eigenvalue weighted by Gasteiger charge is -2.25. The molecule has 0 bridgehead atoms. The number of likely N-dealkylation sites (N-methyl/N-ethyl adjacent to an activating group) is 1. The van der Waals surface area contributed by atoms with Gasteiger partial charge in [0.15, 0.2) is 5.96 Å². The van der Waals surface area contributed by atoms with Gasteiger partial charge in [-0.3, -0.25) is 4.99 Å². The summed E-state index contributed by atoms with van der Waals surface area (Å²) in [5.74, 6) is 0.996. The van der Waals surface area contributed by atoms with Crippen molar-refractivity contribution in [2.45, 2.75) is 59.6 Å². The van der Waals surface area contributed by atoms with E-state index in [4.69, 9.17) is 9.47 Å². The number of hydrogen-bond donors (Lipinski definition) is 3. The molecule has 0 aromatic rings. The van der Waals surface area contributed by atoms with Crippen LogP contribution < -0.4 is 16.0 Å². The zero-order valence-corrected chi connectivity index (χ0v) is 19.2. The first-order valence-electron chi connectivity index (χ1n) is 10.3. The van der Waals surface area contributed by atoms with Gasteiger partial charge in [0, 0.05) is 39.9 Å². The fourth-order valence-electron chi connectivity index (χ4n) is 2.37. The Morgan fingerprint density at radius 2 is 1.86 bits per heavy atom. The molecule has 1 amide bonds. The van der Waals surface area contributed by atoms with Crippen LogP contribution in [-0.4, -0.2) is 82.1 Å². The van der Waals surface area contributed by atoms with Crippen molar-refractivity contribution in [1.82, 2.24) is 20.9 Å². The highest BCUT2D eigenvalue weighted by molar-refractivity contribution is 5.79. The van der Waals surface area contributed by atoms with E-state index >= 15 is 0 Å². The van der Waals surface area contributed by atoms with E-state index in [0.29, 0.717) is 6.54 Å². The largest absolute Gasteiger partial charge is 0.444 e. The van der Waals surface area contributed by atoms with Crippen molar-refractivity contribution < 1.29 is 14.3 Å². The first-order valence-corrected chi connectivity index (χ1v) is 10.3. The number of alkyl carbamates (subject to hydrolysis) is 1. The summed E-state index contributed by atoms with van der Waals surface area (Å²) in [7, 11) is 3.82. The van der Waals surface area contributed by atoms with E-state index in [9.17, 15) is 4.79 Å². The van der Waals surface area contributed by atoms with Gasteiger partial charge in [-0.2, -0.15) is 0 Å². The maximum Gasteiger partial charge on any atom is 0.407 e. The highest BCUT2D eigenvalue weighted by Gasteiger charge is 2.21. The standard InChI is InChI=1S/C20H43N5O3/c1-9-21-18(22-11-13-25(7)12-10-14-27-8)23-15-17(16(2)3)24-19(26)28-20(4,5)6/h16-17H,9-15H2,1-8H3,(H,24,26)(H2,21,22,23). The summed E-state index contributed by atoms with van der Waals surface area (Å²) in [5, 5.41) is 9.53. The second kappa shape index (κ2) is 14.5. The first kappa shape index (κ1) is 26.5. The van der Waals surface area contributed by atoms with E-state index in [1.54, 1.807) is 7.11 Å². The number of nitrogens with zero attached hydrogens (tertiary/aromatic N) is 2. The Morgan fingerprint density at radius 1 is 1.18 bits per heavy atom.